The van der Waals surface area contributed by atoms with Crippen LogP contribution in [0.5, 0.6) is 11.5 Å². The predicted molar refractivity (Wildman–Crippen MR) is 207 cm³/mol. The highest BCUT2D eigenvalue weighted by Crippen LogP contribution is 2.50. The first kappa shape index (κ1) is 26.6. The maximum atomic E-state index is 6.58. The van der Waals surface area contributed by atoms with Crippen molar-refractivity contribution in [2.75, 3.05) is 0 Å². The number of fused-ring (bicyclic) bond motifs is 3. The first-order chi connectivity index (χ1) is 24.3. The van der Waals surface area contributed by atoms with E-state index in [0.717, 1.165) is 22.4 Å². The molecule has 226 valence electrons. The Balaban J connectivity index is 1.10. The molecule has 0 saturated carbocycles. The molecule has 0 fully saturated rings. The maximum absolute atomic E-state index is 6.58. The fourth-order valence-electron chi connectivity index (χ4n) is 8.37. The minimum atomic E-state index is 0.899. The topological polar surface area (TPSA) is 9.23 Å². The number of benzene rings is 10. The van der Waals surface area contributed by atoms with Gasteiger partial charge in [-0.05, 0) is 118 Å². The third-order valence-electron chi connectivity index (χ3n) is 10.6. The van der Waals surface area contributed by atoms with Crippen molar-refractivity contribution in [3.8, 4) is 56.0 Å². The molecule has 1 heteroatoms. The summed E-state index contributed by atoms with van der Waals surface area (Å²) in [6.45, 7) is 0. The molecule has 0 N–H and O–H groups in total. The molecule has 0 aliphatic carbocycles. The highest BCUT2D eigenvalue weighted by atomic mass is 16.5. The second-order valence-electron chi connectivity index (χ2n) is 13.2. The molecule has 10 aromatic rings. The fraction of sp³-hybridized carbons (Fsp3) is 0. The van der Waals surface area contributed by atoms with Gasteiger partial charge in [0.25, 0.3) is 0 Å². The summed E-state index contributed by atoms with van der Waals surface area (Å²) in [6.07, 6.45) is 0. The highest BCUT2D eigenvalue weighted by Gasteiger charge is 2.23. The van der Waals surface area contributed by atoms with Gasteiger partial charge in [-0.1, -0.05) is 140 Å². The van der Waals surface area contributed by atoms with Crippen LogP contribution < -0.4 is 4.74 Å². The lowest BCUT2D eigenvalue weighted by atomic mass is 9.86. The molecule has 0 radical (unpaired) electrons. The average Bonchev–Trinajstić information content (AvgIpc) is 3.17. The minimum absolute atomic E-state index is 0.899. The molecule has 49 heavy (non-hydrogen) atoms. The van der Waals surface area contributed by atoms with Gasteiger partial charge in [-0.3, -0.25) is 0 Å². The zero-order chi connectivity index (χ0) is 32.1. The van der Waals surface area contributed by atoms with Crippen LogP contribution in [0.2, 0.25) is 0 Å². The van der Waals surface area contributed by atoms with Gasteiger partial charge in [0, 0.05) is 10.9 Å². The summed E-state index contributed by atoms with van der Waals surface area (Å²) >= 11 is 0. The van der Waals surface area contributed by atoms with E-state index in [9.17, 15) is 0 Å². The van der Waals surface area contributed by atoms with E-state index in [0.29, 0.717) is 0 Å². The lowest BCUT2D eigenvalue weighted by Crippen LogP contribution is -1.98. The van der Waals surface area contributed by atoms with Crippen LogP contribution in [0, 0.1) is 0 Å². The van der Waals surface area contributed by atoms with Crippen LogP contribution in [0.3, 0.4) is 0 Å². The quantitative estimate of drug-likeness (QED) is 0.179. The van der Waals surface area contributed by atoms with Crippen molar-refractivity contribution in [2.45, 2.75) is 0 Å². The number of hydrogen-bond acceptors (Lipinski definition) is 1. The van der Waals surface area contributed by atoms with E-state index in [1.807, 2.05) is 0 Å². The van der Waals surface area contributed by atoms with Crippen molar-refractivity contribution in [1.82, 2.24) is 0 Å². The Morgan fingerprint density at radius 1 is 0.265 bits per heavy atom. The second kappa shape index (κ2) is 10.0. The van der Waals surface area contributed by atoms with Crippen LogP contribution in [-0.2, 0) is 0 Å². The lowest BCUT2D eigenvalue weighted by Gasteiger charge is -2.23. The molecule has 0 bridgehead atoms. The van der Waals surface area contributed by atoms with Crippen molar-refractivity contribution in [2.24, 2.45) is 0 Å². The zero-order valence-corrected chi connectivity index (χ0v) is 26.6. The Morgan fingerprint density at radius 3 is 1.65 bits per heavy atom. The SMILES string of the molecule is c1ccc(-c2ccc3c(c2)-c2cccc4c(-c5ccc(-c6cc7ccc8cccc9ccc(c6)c7c89)c6ccccc56)ccc(c24)O3)cc1. The molecule has 0 saturated heterocycles. The van der Waals surface area contributed by atoms with E-state index < -0.39 is 0 Å². The van der Waals surface area contributed by atoms with Crippen LogP contribution in [0.15, 0.2) is 170 Å². The van der Waals surface area contributed by atoms with Crippen molar-refractivity contribution in [3.63, 3.8) is 0 Å². The summed E-state index contributed by atoms with van der Waals surface area (Å²) in [5.74, 6) is 1.81. The molecule has 1 aliphatic rings. The van der Waals surface area contributed by atoms with Crippen LogP contribution in [0.25, 0.3) is 98.4 Å². The number of ether oxygens (including phenoxy) is 1. The third kappa shape index (κ3) is 3.87. The normalized spacial score (nSPS) is 12.2. The average molecular weight is 621 g/mol. The number of hydrogen-bond donors (Lipinski definition) is 0. The van der Waals surface area contributed by atoms with Crippen molar-refractivity contribution < 1.29 is 4.74 Å². The molecule has 1 heterocycles. The van der Waals surface area contributed by atoms with E-state index in [1.54, 1.807) is 0 Å². The molecular formula is C48H28O. The molecule has 1 nitrogen and oxygen atoms in total. The summed E-state index contributed by atoms with van der Waals surface area (Å²) in [5.41, 5.74) is 9.66. The Kier molecular flexibility index (Phi) is 5.45. The van der Waals surface area contributed by atoms with Gasteiger partial charge in [0.15, 0.2) is 0 Å². The van der Waals surface area contributed by atoms with Gasteiger partial charge in [0.1, 0.15) is 11.5 Å². The lowest BCUT2D eigenvalue weighted by molar-refractivity contribution is 0.487. The third-order valence-corrected chi connectivity index (χ3v) is 10.6. The summed E-state index contributed by atoms with van der Waals surface area (Å²) < 4.78 is 6.58. The minimum Gasteiger partial charge on any atom is -0.456 e. The molecule has 0 amide bonds. The smallest absolute Gasteiger partial charge is 0.135 e. The molecular weight excluding hydrogens is 593 g/mol. The van der Waals surface area contributed by atoms with Gasteiger partial charge in [-0.25, -0.2) is 0 Å². The van der Waals surface area contributed by atoms with E-state index in [2.05, 4.69) is 170 Å². The Morgan fingerprint density at radius 2 is 0.857 bits per heavy atom. The van der Waals surface area contributed by atoms with Gasteiger partial charge < -0.3 is 4.74 Å². The molecule has 11 rings (SSSR count). The number of rotatable bonds is 3. The molecule has 1 aliphatic heterocycles. The van der Waals surface area contributed by atoms with Gasteiger partial charge in [-0.2, -0.15) is 0 Å². The monoisotopic (exact) mass is 620 g/mol. The van der Waals surface area contributed by atoms with Crippen LogP contribution in [-0.4, -0.2) is 0 Å². The van der Waals surface area contributed by atoms with Gasteiger partial charge in [0.2, 0.25) is 0 Å². The fourth-order valence-corrected chi connectivity index (χ4v) is 8.37. The first-order valence-electron chi connectivity index (χ1n) is 16.9. The zero-order valence-electron chi connectivity index (χ0n) is 26.6. The maximum Gasteiger partial charge on any atom is 0.135 e. The predicted octanol–water partition coefficient (Wildman–Crippen LogP) is 13.7. The Bertz CT molecular complexity index is 2890. The Hall–Kier alpha value is -6.44. The highest BCUT2D eigenvalue weighted by molar-refractivity contribution is 6.24. The van der Waals surface area contributed by atoms with E-state index >= 15 is 0 Å². The molecule has 0 aromatic heterocycles. The van der Waals surface area contributed by atoms with Crippen LogP contribution in [0.1, 0.15) is 0 Å². The summed E-state index contributed by atoms with van der Waals surface area (Å²) in [4.78, 5) is 0. The first-order valence-corrected chi connectivity index (χ1v) is 16.9. The van der Waals surface area contributed by atoms with Crippen LogP contribution >= 0.6 is 0 Å². The van der Waals surface area contributed by atoms with Crippen molar-refractivity contribution >= 4 is 53.9 Å². The second-order valence-corrected chi connectivity index (χ2v) is 13.2. The van der Waals surface area contributed by atoms with Crippen LogP contribution in [0.4, 0.5) is 0 Å². The van der Waals surface area contributed by atoms with Crippen molar-refractivity contribution in [3.05, 3.63) is 170 Å². The molecule has 0 atom stereocenters. The van der Waals surface area contributed by atoms with Gasteiger partial charge >= 0.3 is 0 Å². The molecule has 10 aromatic carbocycles. The molecule has 0 spiro atoms. The van der Waals surface area contributed by atoms with E-state index in [1.165, 1.54) is 87.4 Å². The summed E-state index contributed by atoms with van der Waals surface area (Å²) in [6, 6.07) is 62.1. The van der Waals surface area contributed by atoms with E-state index in [-0.39, 0.29) is 0 Å². The Labute approximate surface area is 283 Å². The largest absolute Gasteiger partial charge is 0.456 e. The molecule has 0 unspecified atom stereocenters. The standard InChI is InChI=1S/C48H28O/c1-2-8-29(9-3-1)32-20-24-44-43(28-32)42-15-7-14-41-40(23-25-45(49-44)48(41)42)39-22-21-36(37-12-4-5-13-38(37)39)35-26-33-18-16-30-10-6-11-31-17-19-34(27-35)47(33)46(30)31/h1-28H. The van der Waals surface area contributed by atoms with Gasteiger partial charge in [-0.15, -0.1) is 0 Å². The van der Waals surface area contributed by atoms with Gasteiger partial charge in [0.05, 0.1) is 0 Å². The van der Waals surface area contributed by atoms with Crippen molar-refractivity contribution in [1.29, 1.82) is 0 Å². The summed E-state index contributed by atoms with van der Waals surface area (Å²) in [7, 11) is 0. The van der Waals surface area contributed by atoms with E-state index in [4.69, 9.17) is 4.74 Å². The summed E-state index contributed by atoms with van der Waals surface area (Å²) in [5, 5.41) is 12.7.